The lowest BCUT2D eigenvalue weighted by Gasteiger charge is -2.23. The van der Waals surface area contributed by atoms with E-state index in [9.17, 15) is 5.11 Å². The minimum absolute atomic E-state index is 0.529. The van der Waals surface area contributed by atoms with Gasteiger partial charge in [-0.25, -0.2) is 0 Å². The fourth-order valence-electron chi connectivity index (χ4n) is 1.63. The van der Waals surface area contributed by atoms with E-state index in [-0.39, 0.29) is 0 Å². The Kier molecular flexibility index (Phi) is 6.97. The molecule has 0 bridgehead atoms. The highest BCUT2D eigenvalue weighted by Gasteiger charge is 2.20. The average Bonchev–Trinajstić information content (AvgIpc) is 2.05. The maximum atomic E-state index is 10.2. The fraction of sp³-hybridized carbons (Fsp3) is 0.833. The van der Waals surface area contributed by atoms with Gasteiger partial charge in [-0.05, 0) is 19.3 Å². The summed E-state index contributed by atoms with van der Waals surface area (Å²) in [6, 6.07) is 0. The lowest BCUT2D eigenvalue weighted by molar-refractivity contribution is 0.0703. The van der Waals surface area contributed by atoms with Crippen LogP contribution in [0, 0.1) is 0 Å². The van der Waals surface area contributed by atoms with Crippen molar-refractivity contribution in [3.05, 3.63) is 12.2 Å². The molecule has 0 atom stereocenters. The van der Waals surface area contributed by atoms with Gasteiger partial charge in [0, 0.05) is 0 Å². The summed E-state index contributed by atoms with van der Waals surface area (Å²) in [7, 11) is 0. The van der Waals surface area contributed by atoms with Crippen LogP contribution in [0.25, 0.3) is 0 Å². The van der Waals surface area contributed by atoms with Crippen molar-refractivity contribution in [2.75, 3.05) is 0 Å². The molecule has 0 aromatic carbocycles. The van der Waals surface area contributed by atoms with E-state index in [0.717, 1.165) is 38.5 Å². The monoisotopic (exact) mass is 184 g/mol. The first kappa shape index (κ1) is 12.7. The molecule has 0 amide bonds. The zero-order chi connectivity index (χ0) is 10.2. The van der Waals surface area contributed by atoms with Crippen molar-refractivity contribution in [3.63, 3.8) is 0 Å². The Morgan fingerprint density at radius 2 is 1.54 bits per heavy atom. The molecule has 0 unspecified atom stereocenters. The van der Waals surface area contributed by atoms with Crippen molar-refractivity contribution in [1.29, 1.82) is 0 Å². The second kappa shape index (κ2) is 7.14. The molecule has 0 saturated heterocycles. The van der Waals surface area contributed by atoms with Crippen molar-refractivity contribution in [2.45, 2.75) is 64.9 Å². The molecule has 0 rings (SSSR count). The van der Waals surface area contributed by atoms with Gasteiger partial charge in [-0.3, -0.25) is 0 Å². The third kappa shape index (κ3) is 5.87. The van der Waals surface area contributed by atoms with E-state index < -0.39 is 5.60 Å². The molecule has 0 aliphatic carbocycles. The number of aliphatic hydroxyl groups is 1. The summed E-state index contributed by atoms with van der Waals surface area (Å²) in [5, 5.41) is 10.2. The Morgan fingerprint density at radius 3 is 1.92 bits per heavy atom. The van der Waals surface area contributed by atoms with Crippen LogP contribution in [0.3, 0.4) is 0 Å². The quantitative estimate of drug-likeness (QED) is 0.598. The summed E-state index contributed by atoms with van der Waals surface area (Å²) < 4.78 is 0. The Bertz CT molecular complexity index is 132. The molecular formula is C12H24O. The van der Waals surface area contributed by atoms with Crippen LogP contribution in [0.4, 0.5) is 0 Å². The standard InChI is InChI=1S/C12H24O/c1-4-7-8-11-12(13,9-5-2)10-6-3/h8,11,13H,4-7,9-10H2,1-3H3. The minimum Gasteiger partial charge on any atom is -0.386 e. The van der Waals surface area contributed by atoms with Gasteiger partial charge in [0.05, 0.1) is 5.60 Å². The summed E-state index contributed by atoms with van der Waals surface area (Å²) in [5.41, 5.74) is -0.529. The van der Waals surface area contributed by atoms with Gasteiger partial charge < -0.3 is 5.11 Å². The van der Waals surface area contributed by atoms with Crippen molar-refractivity contribution in [3.8, 4) is 0 Å². The van der Waals surface area contributed by atoms with Gasteiger partial charge in [-0.2, -0.15) is 0 Å². The molecule has 0 saturated carbocycles. The highest BCUT2D eigenvalue weighted by molar-refractivity contribution is 5.00. The summed E-state index contributed by atoms with van der Waals surface area (Å²) >= 11 is 0. The molecule has 0 radical (unpaired) electrons. The summed E-state index contributed by atoms with van der Waals surface area (Å²) in [4.78, 5) is 0. The third-order valence-electron chi connectivity index (χ3n) is 2.25. The van der Waals surface area contributed by atoms with Gasteiger partial charge in [-0.1, -0.05) is 52.2 Å². The molecule has 1 N–H and O–H groups in total. The molecule has 1 nitrogen and oxygen atoms in total. The zero-order valence-electron chi connectivity index (χ0n) is 9.34. The van der Waals surface area contributed by atoms with Gasteiger partial charge >= 0.3 is 0 Å². The van der Waals surface area contributed by atoms with E-state index >= 15 is 0 Å². The molecule has 78 valence electrons. The van der Waals surface area contributed by atoms with E-state index in [1.165, 1.54) is 0 Å². The normalized spacial score (nSPS) is 12.6. The molecule has 0 fully saturated rings. The van der Waals surface area contributed by atoms with Crippen molar-refractivity contribution < 1.29 is 5.11 Å². The smallest absolute Gasteiger partial charge is 0.0827 e. The van der Waals surface area contributed by atoms with Crippen LogP contribution < -0.4 is 0 Å². The van der Waals surface area contributed by atoms with E-state index in [2.05, 4.69) is 26.8 Å². The summed E-state index contributed by atoms with van der Waals surface area (Å²) in [6.45, 7) is 6.39. The number of hydrogen-bond donors (Lipinski definition) is 1. The molecule has 13 heavy (non-hydrogen) atoms. The predicted molar refractivity (Wildman–Crippen MR) is 58.8 cm³/mol. The van der Waals surface area contributed by atoms with Gasteiger partial charge in [-0.15, -0.1) is 0 Å². The number of unbranched alkanes of at least 4 members (excludes halogenated alkanes) is 1. The first-order chi connectivity index (χ1) is 6.18. The van der Waals surface area contributed by atoms with Crippen LogP contribution >= 0.6 is 0 Å². The maximum Gasteiger partial charge on any atom is 0.0827 e. The SMILES string of the molecule is CCCC=CC(O)(CCC)CCC. The fourth-order valence-corrected chi connectivity index (χ4v) is 1.63. The molecule has 0 aliphatic heterocycles. The third-order valence-corrected chi connectivity index (χ3v) is 2.25. The number of hydrogen-bond acceptors (Lipinski definition) is 1. The molecule has 0 aliphatic rings. The highest BCUT2D eigenvalue weighted by Crippen LogP contribution is 2.21. The Morgan fingerprint density at radius 1 is 1.00 bits per heavy atom. The topological polar surface area (TPSA) is 20.2 Å². The first-order valence-electron chi connectivity index (χ1n) is 5.58. The number of rotatable bonds is 7. The van der Waals surface area contributed by atoms with E-state index in [1.54, 1.807) is 0 Å². The molecular weight excluding hydrogens is 160 g/mol. The minimum atomic E-state index is -0.529. The highest BCUT2D eigenvalue weighted by atomic mass is 16.3. The number of allylic oxidation sites excluding steroid dienone is 1. The van der Waals surface area contributed by atoms with Crippen LogP contribution in [0.2, 0.25) is 0 Å². The Hall–Kier alpha value is -0.300. The second-order valence-electron chi connectivity index (χ2n) is 3.79. The van der Waals surface area contributed by atoms with Crippen LogP contribution in [-0.4, -0.2) is 10.7 Å². The van der Waals surface area contributed by atoms with Crippen molar-refractivity contribution >= 4 is 0 Å². The van der Waals surface area contributed by atoms with E-state index in [0.29, 0.717) is 0 Å². The maximum absolute atomic E-state index is 10.2. The molecule has 0 aromatic heterocycles. The average molecular weight is 184 g/mol. The van der Waals surface area contributed by atoms with Crippen LogP contribution in [-0.2, 0) is 0 Å². The molecule has 0 aromatic rings. The molecule has 0 spiro atoms. The van der Waals surface area contributed by atoms with Gasteiger partial charge in [0.15, 0.2) is 0 Å². The molecule has 1 heteroatoms. The lowest BCUT2D eigenvalue weighted by atomic mass is 9.92. The largest absolute Gasteiger partial charge is 0.386 e. The van der Waals surface area contributed by atoms with Gasteiger partial charge in [0.2, 0.25) is 0 Å². The first-order valence-corrected chi connectivity index (χ1v) is 5.58. The van der Waals surface area contributed by atoms with Crippen LogP contribution in [0.15, 0.2) is 12.2 Å². The summed E-state index contributed by atoms with van der Waals surface area (Å²) in [6.07, 6.45) is 10.2. The van der Waals surface area contributed by atoms with E-state index in [4.69, 9.17) is 0 Å². The summed E-state index contributed by atoms with van der Waals surface area (Å²) in [5.74, 6) is 0. The Balaban J connectivity index is 4.05. The van der Waals surface area contributed by atoms with Crippen molar-refractivity contribution in [2.24, 2.45) is 0 Å². The Labute approximate surface area is 82.9 Å². The second-order valence-corrected chi connectivity index (χ2v) is 3.79. The van der Waals surface area contributed by atoms with Crippen LogP contribution in [0.5, 0.6) is 0 Å². The molecule has 0 heterocycles. The predicted octanol–water partition coefficient (Wildman–Crippen LogP) is 3.67. The van der Waals surface area contributed by atoms with Crippen LogP contribution in [0.1, 0.15) is 59.3 Å². The van der Waals surface area contributed by atoms with Gasteiger partial charge in [0.1, 0.15) is 0 Å². The zero-order valence-corrected chi connectivity index (χ0v) is 9.34. The lowest BCUT2D eigenvalue weighted by Crippen LogP contribution is -2.25. The van der Waals surface area contributed by atoms with Gasteiger partial charge in [0.25, 0.3) is 0 Å². The van der Waals surface area contributed by atoms with Crippen molar-refractivity contribution in [1.82, 2.24) is 0 Å². The van der Waals surface area contributed by atoms with E-state index in [1.807, 2.05) is 6.08 Å².